The Hall–Kier alpha value is -1.81. The van der Waals surface area contributed by atoms with Crippen LogP contribution in [0.5, 0.6) is 0 Å². The van der Waals surface area contributed by atoms with Gasteiger partial charge in [0.2, 0.25) is 0 Å². The van der Waals surface area contributed by atoms with E-state index >= 15 is 0 Å². The molecule has 15 heavy (non-hydrogen) atoms. The number of rotatable bonds is 1. The molecule has 0 radical (unpaired) electrons. The summed E-state index contributed by atoms with van der Waals surface area (Å²) in [7, 11) is 0. The Labute approximate surface area is 90.8 Å². The van der Waals surface area contributed by atoms with Crippen LogP contribution in [0.25, 0.3) is 11.3 Å². The Morgan fingerprint density at radius 3 is 2.53 bits per heavy atom. The van der Waals surface area contributed by atoms with E-state index < -0.39 is 0 Å². The van der Waals surface area contributed by atoms with Crippen LogP contribution in [0.3, 0.4) is 0 Å². The lowest BCUT2D eigenvalue weighted by Crippen LogP contribution is -1.86. The van der Waals surface area contributed by atoms with Crippen LogP contribution in [0.15, 0.2) is 24.3 Å². The fraction of sp³-hybridized carbons (Fsp3) is 0.214. The first-order chi connectivity index (χ1) is 7.16. The summed E-state index contributed by atoms with van der Waals surface area (Å²) in [5.74, 6) is 0. The lowest BCUT2D eigenvalue weighted by atomic mass is 10.1. The second kappa shape index (κ2) is 3.74. The smallest absolute Gasteiger partial charge is 0.0789 e. The van der Waals surface area contributed by atoms with Crippen LogP contribution in [-0.4, -0.2) is 4.98 Å². The molecule has 0 aliphatic carbocycles. The summed E-state index contributed by atoms with van der Waals surface area (Å²) in [6.07, 6.45) is 0. The summed E-state index contributed by atoms with van der Waals surface area (Å²) >= 11 is 0. The maximum atomic E-state index is 4.46. The molecule has 0 atom stereocenters. The normalized spacial score (nSPS) is 9.80. The number of hydrogen-bond acceptors (Lipinski definition) is 1. The van der Waals surface area contributed by atoms with Crippen LogP contribution >= 0.6 is 0 Å². The fourth-order valence-corrected chi connectivity index (χ4v) is 1.45. The molecular formula is C14H13N. The molecule has 1 heteroatoms. The zero-order chi connectivity index (χ0) is 10.8. The van der Waals surface area contributed by atoms with Gasteiger partial charge in [-0.2, -0.15) is 0 Å². The molecule has 2 rings (SSSR count). The SMILES string of the molecule is Cc1cccc(-c2c#cc(C)c(C)c2)n1. The molecule has 0 aliphatic heterocycles. The molecule has 0 unspecified atom stereocenters. The Kier molecular flexibility index (Phi) is 2.43. The first-order valence-electron chi connectivity index (χ1n) is 5.02. The molecule has 0 fully saturated rings. The van der Waals surface area contributed by atoms with Crippen LogP contribution in [0.1, 0.15) is 16.8 Å². The fourth-order valence-electron chi connectivity index (χ4n) is 1.45. The monoisotopic (exact) mass is 195 g/mol. The van der Waals surface area contributed by atoms with Gasteiger partial charge >= 0.3 is 0 Å². The average molecular weight is 195 g/mol. The van der Waals surface area contributed by atoms with Gasteiger partial charge in [-0.1, -0.05) is 18.2 Å². The van der Waals surface area contributed by atoms with Gasteiger partial charge < -0.3 is 0 Å². The van der Waals surface area contributed by atoms with Gasteiger partial charge in [-0.05, 0) is 44.5 Å². The third-order valence-electron chi connectivity index (χ3n) is 2.50. The van der Waals surface area contributed by atoms with E-state index in [0.29, 0.717) is 0 Å². The Bertz CT molecular complexity index is 486. The average Bonchev–Trinajstić information content (AvgIpc) is 2.22. The summed E-state index contributed by atoms with van der Waals surface area (Å²) in [5, 5.41) is 0. The molecule has 0 saturated carbocycles. The highest BCUT2D eigenvalue weighted by Crippen LogP contribution is 2.17. The summed E-state index contributed by atoms with van der Waals surface area (Å²) in [6, 6.07) is 14.4. The van der Waals surface area contributed by atoms with Crippen molar-refractivity contribution in [3.8, 4) is 11.3 Å². The molecule has 0 bridgehead atoms. The van der Waals surface area contributed by atoms with Gasteiger partial charge in [-0.25, -0.2) is 0 Å². The minimum Gasteiger partial charge on any atom is -0.252 e. The van der Waals surface area contributed by atoms with E-state index in [1.165, 1.54) is 5.56 Å². The highest BCUT2D eigenvalue weighted by molar-refractivity contribution is 5.58. The number of aromatic nitrogens is 1. The van der Waals surface area contributed by atoms with Crippen molar-refractivity contribution in [1.82, 2.24) is 4.98 Å². The summed E-state index contributed by atoms with van der Waals surface area (Å²) in [4.78, 5) is 4.46. The quantitative estimate of drug-likeness (QED) is 0.680. The molecule has 74 valence electrons. The van der Waals surface area contributed by atoms with Crippen molar-refractivity contribution >= 4 is 0 Å². The molecular weight excluding hydrogens is 182 g/mol. The second-order valence-electron chi connectivity index (χ2n) is 3.78. The lowest BCUT2D eigenvalue weighted by molar-refractivity contribution is 1.20. The predicted octanol–water partition coefficient (Wildman–Crippen LogP) is 3.27. The maximum Gasteiger partial charge on any atom is 0.0789 e. The van der Waals surface area contributed by atoms with Crippen molar-refractivity contribution in [2.24, 2.45) is 0 Å². The van der Waals surface area contributed by atoms with Gasteiger partial charge in [0.25, 0.3) is 0 Å². The van der Waals surface area contributed by atoms with Crippen molar-refractivity contribution in [1.29, 1.82) is 0 Å². The van der Waals surface area contributed by atoms with Crippen molar-refractivity contribution in [3.63, 3.8) is 0 Å². The minimum absolute atomic E-state index is 0.967. The van der Waals surface area contributed by atoms with Gasteiger partial charge in [0, 0.05) is 11.3 Å². The van der Waals surface area contributed by atoms with E-state index in [4.69, 9.17) is 0 Å². The predicted molar refractivity (Wildman–Crippen MR) is 61.6 cm³/mol. The topological polar surface area (TPSA) is 12.9 Å². The van der Waals surface area contributed by atoms with E-state index in [2.05, 4.69) is 30.1 Å². The zero-order valence-corrected chi connectivity index (χ0v) is 9.26. The van der Waals surface area contributed by atoms with Crippen molar-refractivity contribution < 1.29 is 0 Å². The number of nitrogens with zero attached hydrogens (tertiary/aromatic N) is 1. The first kappa shape index (κ1) is 9.73. The lowest BCUT2D eigenvalue weighted by Gasteiger charge is -2.01. The highest BCUT2D eigenvalue weighted by Gasteiger charge is 2.00. The largest absolute Gasteiger partial charge is 0.252 e. The molecule has 0 amide bonds. The Morgan fingerprint density at radius 1 is 1.07 bits per heavy atom. The van der Waals surface area contributed by atoms with Gasteiger partial charge in [-0.15, -0.1) is 0 Å². The minimum atomic E-state index is 0.967. The van der Waals surface area contributed by atoms with Crippen molar-refractivity contribution in [3.05, 3.63) is 53.2 Å². The van der Waals surface area contributed by atoms with E-state index in [-0.39, 0.29) is 0 Å². The van der Waals surface area contributed by atoms with E-state index in [1.54, 1.807) is 0 Å². The molecule has 0 aliphatic rings. The van der Waals surface area contributed by atoms with E-state index in [0.717, 1.165) is 22.5 Å². The summed E-state index contributed by atoms with van der Waals surface area (Å²) < 4.78 is 0. The summed E-state index contributed by atoms with van der Waals surface area (Å²) in [5.41, 5.74) is 5.38. The van der Waals surface area contributed by atoms with E-state index in [9.17, 15) is 0 Å². The van der Waals surface area contributed by atoms with Gasteiger partial charge in [0.05, 0.1) is 11.3 Å². The molecule has 1 aromatic carbocycles. The summed E-state index contributed by atoms with van der Waals surface area (Å²) in [6.45, 7) is 6.12. The second-order valence-corrected chi connectivity index (χ2v) is 3.78. The van der Waals surface area contributed by atoms with Gasteiger partial charge in [-0.3, -0.25) is 4.98 Å². The van der Waals surface area contributed by atoms with Gasteiger partial charge in [0.15, 0.2) is 0 Å². The van der Waals surface area contributed by atoms with Crippen LogP contribution in [0.2, 0.25) is 0 Å². The van der Waals surface area contributed by atoms with E-state index in [1.807, 2.05) is 32.0 Å². The molecule has 1 heterocycles. The zero-order valence-electron chi connectivity index (χ0n) is 9.26. The first-order valence-corrected chi connectivity index (χ1v) is 5.02. The number of hydrogen-bond donors (Lipinski definition) is 0. The molecule has 1 aromatic heterocycles. The van der Waals surface area contributed by atoms with Crippen molar-refractivity contribution in [2.75, 3.05) is 0 Å². The standard InChI is InChI=1S/C14H13N/c1-10-7-8-13(9-11(10)2)14-6-4-5-12(3)15-14/h4-6,9H,1-3H3. The molecule has 0 spiro atoms. The third kappa shape index (κ3) is 1.99. The number of aryl methyl sites for hydroxylation is 2. The van der Waals surface area contributed by atoms with Gasteiger partial charge in [0.1, 0.15) is 0 Å². The molecule has 2 aromatic rings. The van der Waals surface area contributed by atoms with Crippen molar-refractivity contribution in [2.45, 2.75) is 20.8 Å². The highest BCUT2D eigenvalue weighted by atomic mass is 14.7. The Morgan fingerprint density at radius 2 is 1.87 bits per heavy atom. The molecule has 0 saturated heterocycles. The number of pyridine rings is 1. The third-order valence-corrected chi connectivity index (χ3v) is 2.50. The van der Waals surface area contributed by atoms with Crippen LogP contribution in [-0.2, 0) is 0 Å². The molecule has 1 nitrogen and oxygen atoms in total. The van der Waals surface area contributed by atoms with Crippen LogP contribution < -0.4 is 0 Å². The van der Waals surface area contributed by atoms with Crippen LogP contribution in [0.4, 0.5) is 0 Å². The molecule has 0 N–H and O–H groups in total. The maximum absolute atomic E-state index is 4.46. The Balaban J connectivity index is 2.50. The van der Waals surface area contributed by atoms with Crippen LogP contribution in [0, 0.1) is 32.9 Å².